The molecule has 1 N–H and O–H groups in total. The van der Waals surface area contributed by atoms with Crippen LogP contribution in [-0.4, -0.2) is 10.9 Å². The second-order valence-corrected chi connectivity index (χ2v) is 7.95. The molecule has 0 fully saturated rings. The van der Waals surface area contributed by atoms with Gasteiger partial charge in [-0.05, 0) is 37.3 Å². The largest absolute Gasteiger partial charge is 0.486 e. The van der Waals surface area contributed by atoms with E-state index in [4.69, 9.17) is 16.3 Å². The highest BCUT2D eigenvalue weighted by Crippen LogP contribution is 2.26. The third-order valence-corrected chi connectivity index (χ3v) is 5.21. The SMILES string of the molecule is Cc1ccc(OCc2nc(CC(=O)Nc3ccc(Br)cc3Cl)cs2)cc1. The molecule has 26 heavy (non-hydrogen) atoms. The molecule has 0 aliphatic heterocycles. The summed E-state index contributed by atoms with van der Waals surface area (Å²) in [6, 6.07) is 13.2. The van der Waals surface area contributed by atoms with Crippen LogP contribution in [0.4, 0.5) is 5.69 Å². The van der Waals surface area contributed by atoms with E-state index in [1.165, 1.54) is 16.9 Å². The second-order valence-electron chi connectivity index (χ2n) is 5.68. The first-order chi connectivity index (χ1) is 12.5. The number of aryl methyl sites for hydroxylation is 1. The fourth-order valence-corrected chi connectivity index (χ4v) is 3.65. The van der Waals surface area contributed by atoms with E-state index in [-0.39, 0.29) is 12.3 Å². The number of carbonyl (C=O) groups is 1. The van der Waals surface area contributed by atoms with Gasteiger partial charge in [0.05, 0.1) is 22.8 Å². The molecule has 1 amide bonds. The van der Waals surface area contributed by atoms with Crippen molar-refractivity contribution in [2.24, 2.45) is 0 Å². The van der Waals surface area contributed by atoms with Crippen molar-refractivity contribution in [3.63, 3.8) is 0 Å². The number of benzene rings is 2. The van der Waals surface area contributed by atoms with E-state index in [0.717, 1.165) is 15.2 Å². The lowest BCUT2D eigenvalue weighted by molar-refractivity contribution is -0.115. The van der Waals surface area contributed by atoms with Crippen LogP contribution in [0.2, 0.25) is 5.02 Å². The first-order valence-corrected chi connectivity index (χ1v) is 9.92. The first-order valence-electron chi connectivity index (χ1n) is 7.87. The van der Waals surface area contributed by atoms with Gasteiger partial charge in [0.15, 0.2) is 0 Å². The maximum atomic E-state index is 12.2. The van der Waals surface area contributed by atoms with E-state index in [9.17, 15) is 4.79 Å². The predicted octanol–water partition coefficient (Wildman–Crippen LogP) is 5.63. The van der Waals surface area contributed by atoms with Gasteiger partial charge in [-0.15, -0.1) is 11.3 Å². The molecule has 1 aromatic heterocycles. The van der Waals surface area contributed by atoms with Gasteiger partial charge >= 0.3 is 0 Å². The summed E-state index contributed by atoms with van der Waals surface area (Å²) < 4.78 is 6.57. The minimum absolute atomic E-state index is 0.162. The normalized spacial score (nSPS) is 10.6. The summed E-state index contributed by atoms with van der Waals surface area (Å²) in [5.74, 6) is 0.639. The molecular weight excluding hydrogens is 436 g/mol. The highest BCUT2D eigenvalue weighted by Gasteiger charge is 2.10. The fraction of sp³-hybridized carbons (Fsp3) is 0.158. The van der Waals surface area contributed by atoms with E-state index < -0.39 is 0 Å². The standard InChI is InChI=1S/C19H16BrClN2O2S/c1-12-2-5-15(6-3-12)25-10-19-22-14(11-26-19)9-18(24)23-17-7-4-13(20)8-16(17)21/h2-8,11H,9-10H2,1H3,(H,23,24). The van der Waals surface area contributed by atoms with Crippen molar-refractivity contribution in [1.29, 1.82) is 0 Å². The average molecular weight is 452 g/mol. The van der Waals surface area contributed by atoms with Gasteiger partial charge in [-0.3, -0.25) is 4.79 Å². The Morgan fingerprint density at radius 1 is 1.27 bits per heavy atom. The van der Waals surface area contributed by atoms with Crippen molar-refractivity contribution in [3.8, 4) is 5.75 Å². The molecule has 4 nitrogen and oxygen atoms in total. The lowest BCUT2D eigenvalue weighted by Gasteiger charge is -2.06. The number of carbonyl (C=O) groups excluding carboxylic acids is 1. The van der Waals surface area contributed by atoms with Gasteiger partial charge in [0, 0.05) is 9.85 Å². The van der Waals surface area contributed by atoms with Crippen LogP contribution >= 0.6 is 38.9 Å². The molecule has 134 valence electrons. The highest BCUT2D eigenvalue weighted by atomic mass is 79.9. The molecule has 0 radical (unpaired) electrons. The summed E-state index contributed by atoms with van der Waals surface area (Å²) >= 11 is 10.9. The smallest absolute Gasteiger partial charge is 0.230 e. The maximum Gasteiger partial charge on any atom is 0.230 e. The van der Waals surface area contributed by atoms with Crippen molar-refractivity contribution < 1.29 is 9.53 Å². The van der Waals surface area contributed by atoms with Crippen LogP contribution < -0.4 is 10.1 Å². The van der Waals surface area contributed by atoms with Crippen LogP contribution in [0.5, 0.6) is 5.75 Å². The fourth-order valence-electron chi connectivity index (χ4n) is 2.23. The zero-order valence-electron chi connectivity index (χ0n) is 14.0. The molecule has 0 aliphatic carbocycles. The van der Waals surface area contributed by atoms with Gasteiger partial charge < -0.3 is 10.1 Å². The molecule has 1 heterocycles. The van der Waals surface area contributed by atoms with Crippen LogP contribution in [0.1, 0.15) is 16.3 Å². The molecule has 7 heteroatoms. The topological polar surface area (TPSA) is 51.2 Å². The number of anilines is 1. The van der Waals surface area contributed by atoms with Crippen LogP contribution in [-0.2, 0) is 17.8 Å². The van der Waals surface area contributed by atoms with Gasteiger partial charge in [-0.25, -0.2) is 4.98 Å². The Morgan fingerprint density at radius 2 is 2.04 bits per heavy atom. The van der Waals surface area contributed by atoms with E-state index in [1.54, 1.807) is 12.1 Å². The number of thiazole rings is 1. The number of aromatic nitrogens is 1. The summed E-state index contributed by atoms with van der Waals surface area (Å²) in [6.45, 7) is 2.41. The molecule has 0 bridgehead atoms. The van der Waals surface area contributed by atoms with E-state index >= 15 is 0 Å². The van der Waals surface area contributed by atoms with Crippen LogP contribution in [0.3, 0.4) is 0 Å². The van der Waals surface area contributed by atoms with Gasteiger partial charge in [-0.2, -0.15) is 0 Å². The quantitative estimate of drug-likeness (QED) is 0.528. The second kappa shape index (κ2) is 8.66. The molecule has 0 atom stereocenters. The molecule has 0 aliphatic rings. The summed E-state index contributed by atoms with van der Waals surface area (Å²) in [4.78, 5) is 16.6. The molecule has 0 saturated heterocycles. The van der Waals surface area contributed by atoms with Crippen LogP contribution in [0.25, 0.3) is 0 Å². The molecule has 3 aromatic rings. The van der Waals surface area contributed by atoms with Gasteiger partial charge in [-0.1, -0.05) is 45.2 Å². The van der Waals surface area contributed by atoms with Crippen LogP contribution in [0.15, 0.2) is 52.3 Å². The molecule has 0 unspecified atom stereocenters. The maximum absolute atomic E-state index is 12.2. The highest BCUT2D eigenvalue weighted by molar-refractivity contribution is 9.10. The van der Waals surface area contributed by atoms with Crippen molar-refractivity contribution in [2.75, 3.05) is 5.32 Å². The Bertz CT molecular complexity index is 912. The molecule has 3 rings (SSSR count). The van der Waals surface area contributed by atoms with E-state index in [2.05, 4.69) is 26.2 Å². The predicted molar refractivity (Wildman–Crippen MR) is 109 cm³/mol. The zero-order valence-corrected chi connectivity index (χ0v) is 17.1. The third kappa shape index (κ3) is 5.30. The number of halogens is 2. The summed E-state index contributed by atoms with van der Waals surface area (Å²) in [5, 5.41) is 5.98. The summed E-state index contributed by atoms with van der Waals surface area (Å²) in [7, 11) is 0. The minimum Gasteiger partial charge on any atom is -0.486 e. The van der Waals surface area contributed by atoms with Gasteiger partial charge in [0.2, 0.25) is 5.91 Å². The van der Waals surface area contributed by atoms with E-state index in [1.807, 2.05) is 42.6 Å². The molecule has 0 saturated carbocycles. The van der Waals surface area contributed by atoms with Crippen molar-refractivity contribution in [1.82, 2.24) is 4.98 Å². The molecular formula is C19H16BrClN2O2S. The average Bonchev–Trinajstić information content (AvgIpc) is 3.04. The Hall–Kier alpha value is -1.89. The number of nitrogens with one attached hydrogen (secondary N) is 1. The minimum atomic E-state index is -0.162. The number of rotatable bonds is 6. The summed E-state index contributed by atoms with van der Waals surface area (Å²) in [6.07, 6.45) is 0.188. The number of nitrogens with zero attached hydrogens (tertiary/aromatic N) is 1. The first kappa shape index (κ1) is 18.9. The monoisotopic (exact) mass is 450 g/mol. The van der Waals surface area contributed by atoms with Crippen molar-refractivity contribution >= 4 is 50.5 Å². The van der Waals surface area contributed by atoms with Crippen molar-refractivity contribution in [3.05, 3.63) is 73.6 Å². The Kier molecular flexibility index (Phi) is 6.29. The lowest BCUT2D eigenvalue weighted by atomic mass is 10.2. The number of hydrogen-bond donors (Lipinski definition) is 1. The Labute approximate surface area is 169 Å². The molecule has 2 aromatic carbocycles. The number of ether oxygens (including phenoxy) is 1. The van der Waals surface area contributed by atoms with E-state index in [0.29, 0.717) is 23.0 Å². The van der Waals surface area contributed by atoms with Crippen molar-refractivity contribution in [2.45, 2.75) is 20.0 Å². The lowest BCUT2D eigenvalue weighted by Crippen LogP contribution is -2.15. The van der Waals surface area contributed by atoms with Gasteiger partial charge in [0.1, 0.15) is 17.4 Å². The Morgan fingerprint density at radius 3 is 2.77 bits per heavy atom. The summed E-state index contributed by atoms with van der Waals surface area (Å²) in [5.41, 5.74) is 2.48. The number of hydrogen-bond acceptors (Lipinski definition) is 4. The zero-order chi connectivity index (χ0) is 18.5. The molecule has 0 spiro atoms. The number of amides is 1. The third-order valence-electron chi connectivity index (χ3n) is 3.53. The van der Waals surface area contributed by atoms with Crippen LogP contribution in [0, 0.1) is 6.92 Å². The Balaban J connectivity index is 1.54. The van der Waals surface area contributed by atoms with Gasteiger partial charge in [0.25, 0.3) is 0 Å².